The molecule has 7 heteroatoms. The third kappa shape index (κ3) is 5.37. The van der Waals surface area contributed by atoms with Gasteiger partial charge in [-0.1, -0.05) is 12.1 Å². The van der Waals surface area contributed by atoms with Crippen molar-refractivity contribution < 1.29 is 14.3 Å². The molecule has 0 saturated heterocycles. The third-order valence-electron chi connectivity index (χ3n) is 5.43. The van der Waals surface area contributed by atoms with Crippen LogP contribution in [0.4, 0.5) is 0 Å². The van der Waals surface area contributed by atoms with Crippen molar-refractivity contribution in [1.29, 1.82) is 0 Å². The Kier molecular flexibility index (Phi) is 6.12. The topological polar surface area (TPSA) is 76.5 Å². The van der Waals surface area contributed by atoms with Gasteiger partial charge in [0.1, 0.15) is 12.4 Å². The SMILES string of the molecule is O=C(CCc1ccc2c(c1)CN(C(=O)C1CC1)CCO2)NCCCn1cccn1. The third-order valence-corrected chi connectivity index (χ3v) is 5.43. The van der Waals surface area contributed by atoms with Crippen LogP contribution in [0.3, 0.4) is 0 Å². The lowest BCUT2D eigenvalue weighted by atomic mass is 10.0. The number of nitrogens with zero attached hydrogens (tertiary/aromatic N) is 3. The summed E-state index contributed by atoms with van der Waals surface area (Å²) in [6.45, 7) is 3.22. The Labute approximate surface area is 171 Å². The molecule has 1 aliphatic heterocycles. The molecule has 1 aromatic heterocycles. The highest BCUT2D eigenvalue weighted by molar-refractivity contribution is 5.81. The number of hydrogen-bond acceptors (Lipinski definition) is 4. The van der Waals surface area contributed by atoms with Crippen LogP contribution in [-0.4, -0.2) is 46.2 Å². The molecular formula is C22H28N4O3. The highest BCUT2D eigenvalue weighted by Crippen LogP contribution is 2.33. The van der Waals surface area contributed by atoms with E-state index in [1.54, 1.807) is 6.20 Å². The molecule has 4 rings (SSSR count). The number of benzene rings is 1. The van der Waals surface area contributed by atoms with E-state index in [1.807, 2.05) is 34.0 Å². The van der Waals surface area contributed by atoms with Gasteiger partial charge in [0.05, 0.1) is 6.54 Å². The zero-order valence-electron chi connectivity index (χ0n) is 16.7. The standard InChI is InChI=1S/C22H28N4O3/c27-21(23-9-1-11-26-12-2-10-24-26)8-4-17-3-7-20-19(15-17)16-25(13-14-29-20)22(28)18-5-6-18/h2-3,7,10,12,15,18H,1,4-6,8-9,11,13-14,16H2,(H,23,27). The Hall–Kier alpha value is -2.83. The van der Waals surface area contributed by atoms with E-state index < -0.39 is 0 Å². The van der Waals surface area contributed by atoms with Crippen molar-refractivity contribution in [1.82, 2.24) is 20.0 Å². The summed E-state index contributed by atoms with van der Waals surface area (Å²) in [5.41, 5.74) is 2.13. The van der Waals surface area contributed by atoms with Crippen LogP contribution in [0.1, 0.15) is 36.8 Å². The van der Waals surface area contributed by atoms with E-state index in [1.165, 1.54) is 0 Å². The lowest BCUT2D eigenvalue weighted by molar-refractivity contribution is -0.133. The summed E-state index contributed by atoms with van der Waals surface area (Å²) in [5.74, 6) is 1.38. The molecule has 2 heterocycles. The maximum absolute atomic E-state index is 12.4. The number of amides is 2. The molecule has 2 aromatic rings. The number of ether oxygens (including phenoxy) is 1. The van der Waals surface area contributed by atoms with E-state index >= 15 is 0 Å². The normalized spacial score (nSPS) is 15.9. The molecule has 154 valence electrons. The quantitative estimate of drug-likeness (QED) is 0.694. The first-order chi connectivity index (χ1) is 14.2. The molecule has 1 fully saturated rings. The van der Waals surface area contributed by atoms with E-state index in [2.05, 4.69) is 16.5 Å². The number of fused-ring (bicyclic) bond motifs is 1. The van der Waals surface area contributed by atoms with Crippen LogP contribution in [0.2, 0.25) is 0 Å². The summed E-state index contributed by atoms with van der Waals surface area (Å²) in [7, 11) is 0. The van der Waals surface area contributed by atoms with Gasteiger partial charge in [0, 0.05) is 49.9 Å². The molecular weight excluding hydrogens is 368 g/mol. The van der Waals surface area contributed by atoms with Gasteiger partial charge in [-0.05, 0) is 43.4 Å². The summed E-state index contributed by atoms with van der Waals surface area (Å²) >= 11 is 0. The minimum absolute atomic E-state index is 0.0576. The average Bonchev–Trinajstić information content (AvgIpc) is 3.49. The van der Waals surface area contributed by atoms with Gasteiger partial charge >= 0.3 is 0 Å². The van der Waals surface area contributed by atoms with Crippen LogP contribution in [-0.2, 0) is 29.1 Å². The van der Waals surface area contributed by atoms with Gasteiger partial charge in [-0.3, -0.25) is 14.3 Å². The molecule has 0 spiro atoms. The van der Waals surface area contributed by atoms with Gasteiger partial charge in [0.2, 0.25) is 11.8 Å². The van der Waals surface area contributed by atoms with Gasteiger partial charge in [0.25, 0.3) is 0 Å². The maximum atomic E-state index is 12.4. The molecule has 0 atom stereocenters. The number of carbonyl (C=O) groups excluding carboxylic acids is 2. The van der Waals surface area contributed by atoms with E-state index in [4.69, 9.17) is 4.74 Å². The van der Waals surface area contributed by atoms with E-state index in [9.17, 15) is 9.59 Å². The average molecular weight is 396 g/mol. The fourth-order valence-electron chi connectivity index (χ4n) is 3.63. The molecule has 29 heavy (non-hydrogen) atoms. The monoisotopic (exact) mass is 396 g/mol. The summed E-state index contributed by atoms with van der Waals surface area (Å²) < 4.78 is 7.69. The van der Waals surface area contributed by atoms with Crippen LogP contribution < -0.4 is 10.1 Å². The first-order valence-electron chi connectivity index (χ1n) is 10.5. The van der Waals surface area contributed by atoms with E-state index in [-0.39, 0.29) is 17.7 Å². The van der Waals surface area contributed by atoms with Crippen LogP contribution in [0.15, 0.2) is 36.7 Å². The number of hydrogen-bond donors (Lipinski definition) is 1. The lowest BCUT2D eigenvalue weighted by Crippen LogP contribution is -2.33. The van der Waals surface area contributed by atoms with Gasteiger partial charge in [-0.25, -0.2) is 0 Å². The molecule has 0 bridgehead atoms. The van der Waals surface area contributed by atoms with Crippen LogP contribution >= 0.6 is 0 Å². The zero-order chi connectivity index (χ0) is 20.1. The molecule has 1 aromatic carbocycles. The summed E-state index contributed by atoms with van der Waals surface area (Å²) in [6.07, 6.45) is 7.68. The fourth-order valence-corrected chi connectivity index (χ4v) is 3.63. The predicted molar refractivity (Wildman–Crippen MR) is 108 cm³/mol. The summed E-state index contributed by atoms with van der Waals surface area (Å²) in [6, 6.07) is 7.96. The molecule has 0 unspecified atom stereocenters. The van der Waals surface area contributed by atoms with Crippen molar-refractivity contribution in [3.05, 3.63) is 47.8 Å². The van der Waals surface area contributed by atoms with Crippen molar-refractivity contribution in [2.24, 2.45) is 5.92 Å². The zero-order valence-corrected chi connectivity index (χ0v) is 16.7. The Bertz CT molecular complexity index is 846. The highest BCUT2D eigenvalue weighted by Gasteiger charge is 2.34. The van der Waals surface area contributed by atoms with Crippen molar-refractivity contribution in [2.45, 2.75) is 45.2 Å². The summed E-state index contributed by atoms with van der Waals surface area (Å²) in [4.78, 5) is 26.5. The molecule has 1 aliphatic carbocycles. The molecule has 2 aliphatic rings. The van der Waals surface area contributed by atoms with Gasteiger partial charge in [0.15, 0.2) is 0 Å². The Morgan fingerprint density at radius 2 is 2.17 bits per heavy atom. The molecule has 0 radical (unpaired) electrons. The largest absolute Gasteiger partial charge is 0.491 e. The molecule has 7 nitrogen and oxygen atoms in total. The predicted octanol–water partition coefficient (Wildman–Crippen LogP) is 2.15. The van der Waals surface area contributed by atoms with Crippen molar-refractivity contribution in [2.75, 3.05) is 19.7 Å². The maximum Gasteiger partial charge on any atom is 0.226 e. The van der Waals surface area contributed by atoms with Crippen LogP contribution in [0, 0.1) is 5.92 Å². The summed E-state index contributed by atoms with van der Waals surface area (Å²) in [5, 5.41) is 7.12. The highest BCUT2D eigenvalue weighted by atomic mass is 16.5. The second-order valence-electron chi connectivity index (χ2n) is 7.80. The van der Waals surface area contributed by atoms with Crippen LogP contribution in [0.25, 0.3) is 0 Å². The number of rotatable bonds is 8. The smallest absolute Gasteiger partial charge is 0.226 e. The number of aryl methyl sites for hydroxylation is 2. The first kappa shape index (κ1) is 19.5. The Morgan fingerprint density at radius 1 is 1.28 bits per heavy atom. The minimum Gasteiger partial charge on any atom is -0.491 e. The van der Waals surface area contributed by atoms with E-state index in [0.29, 0.717) is 39.1 Å². The lowest BCUT2D eigenvalue weighted by Gasteiger charge is -2.19. The molecule has 2 amide bonds. The minimum atomic E-state index is 0.0576. The fraction of sp³-hybridized carbons (Fsp3) is 0.500. The first-order valence-corrected chi connectivity index (χ1v) is 10.5. The second-order valence-corrected chi connectivity index (χ2v) is 7.80. The van der Waals surface area contributed by atoms with Crippen molar-refractivity contribution in [3.8, 4) is 5.75 Å². The van der Waals surface area contributed by atoms with Crippen LogP contribution in [0.5, 0.6) is 5.75 Å². The number of aromatic nitrogens is 2. The van der Waals surface area contributed by atoms with E-state index in [0.717, 1.165) is 42.7 Å². The number of nitrogens with one attached hydrogen (secondary N) is 1. The second kappa shape index (κ2) is 9.11. The van der Waals surface area contributed by atoms with Crippen molar-refractivity contribution in [3.63, 3.8) is 0 Å². The molecule has 1 saturated carbocycles. The van der Waals surface area contributed by atoms with Gasteiger partial charge in [-0.2, -0.15) is 5.10 Å². The van der Waals surface area contributed by atoms with Gasteiger partial charge < -0.3 is 15.0 Å². The van der Waals surface area contributed by atoms with Crippen molar-refractivity contribution >= 4 is 11.8 Å². The number of carbonyl (C=O) groups is 2. The Balaban J connectivity index is 1.25. The Morgan fingerprint density at radius 3 is 2.97 bits per heavy atom. The molecule has 1 N–H and O–H groups in total. The van der Waals surface area contributed by atoms with Gasteiger partial charge in [-0.15, -0.1) is 0 Å².